The van der Waals surface area contributed by atoms with E-state index in [-0.39, 0.29) is 0 Å². The third kappa shape index (κ3) is 8.14. The summed E-state index contributed by atoms with van der Waals surface area (Å²) < 4.78 is 4.67. The Morgan fingerprint density at radius 1 is 1.67 bits per heavy atom. The molecule has 3 heteroatoms. The molecule has 0 spiro atoms. The summed E-state index contributed by atoms with van der Waals surface area (Å²) in [7, 11) is 0. The van der Waals surface area contributed by atoms with Gasteiger partial charge in [-0.15, -0.1) is 6.58 Å². The van der Waals surface area contributed by atoms with Crippen LogP contribution in [0.3, 0.4) is 0 Å². The average Bonchev–Trinajstić information content (AvgIpc) is 1.89. The van der Waals surface area contributed by atoms with E-state index in [4.69, 9.17) is 0 Å². The van der Waals surface area contributed by atoms with Crippen molar-refractivity contribution in [2.24, 2.45) is 0 Å². The summed E-state index contributed by atoms with van der Waals surface area (Å²) in [5.74, 6) is 0. The van der Waals surface area contributed by atoms with E-state index in [1.165, 1.54) is 0 Å². The topological polar surface area (TPSA) is 21.3 Å². The number of nitrogens with one attached hydrogen (secondary N) is 1. The predicted octanol–water partition coefficient (Wildman–Crippen LogP) is 1.48. The molecular formula is C6H12BrNO. The van der Waals surface area contributed by atoms with Crippen molar-refractivity contribution >= 4 is 16.3 Å². The van der Waals surface area contributed by atoms with Gasteiger partial charge < -0.3 is 9.15 Å². The zero-order chi connectivity index (χ0) is 6.95. The first kappa shape index (κ1) is 9.14. The van der Waals surface area contributed by atoms with Gasteiger partial charge in [0.05, 0.1) is 22.9 Å². The van der Waals surface area contributed by atoms with Crippen LogP contribution >= 0.6 is 16.3 Å². The smallest absolute Gasteiger partial charge is 0.0987 e. The van der Waals surface area contributed by atoms with E-state index < -0.39 is 0 Å². The van der Waals surface area contributed by atoms with Crippen molar-refractivity contribution in [2.75, 3.05) is 19.7 Å². The summed E-state index contributed by atoms with van der Waals surface area (Å²) in [5, 5.41) is 3.15. The zero-order valence-corrected chi connectivity index (χ0v) is 6.99. The van der Waals surface area contributed by atoms with Crippen molar-refractivity contribution < 1.29 is 3.83 Å². The van der Waals surface area contributed by atoms with Crippen LogP contribution in [0.15, 0.2) is 12.7 Å². The molecule has 0 aliphatic heterocycles. The normalized spacial score (nSPS) is 9.44. The van der Waals surface area contributed by atoms with E-state index in [1.54, 1.807) is 0 Å². The van der Waals surface area contributed by atoms with Crippen molar-refractivity contribution in [2.45, 2.75) is 6.42 Å². The van der Waals surface area contributed by atoms with Crippen molar-refractivity contribution in [3.63, 3.8) is 0 Å². The molecule has 0 aromatic carbocycles. The minimum absolute atomic E-state index is 0.754. The summed E-state index contributed by atoms with van der Waals surface area (Å²) in [6, 6.07) is 0. The highest BCUT2D eigenvalue weighted by atomic mass is 79.9. The van der Waals surface area contributed by atoms with Crippen LogP contribution in [0.5, 0.6) is 0 Å². The van der Waals surface area contributed by atoms with Gasteiger partial charge in [-0.1, -0.05) is 6.08 Å². The summed E-state index contributed by atoms with van der Waals surface area (Å²) in [4.78, 5) is 0. The second-order valence-electron chi connectivity index (χ2n) is 1.66. The van der Waals surface area contributed by atoms with Crippen LogP contribution in [-0.2, 0) is 3.83 Å². The molecule has 0 radical (unpaired) electrons. The predicted molar refractivity (Wildman–Crippen MR) is 42.6 cm³/mol. The molecule has 0 aromatic rings. The van der Waals surface area contributed by atoms with Gasteiger partial charge >= 0.3 is 0 Å². The average molecular weight is 194 g/mol. The van der Waals surface area contributed by atoms with E-state index in [2.05, 4.69) is 32.0 Å². The second-order valence-corrected chi connectivity index (χ2v) is 2.12. The monoisotopic (exact) mass is 193 g/mol. The van der Waals surface area contributed by atoms with Gasteiger partial charge in [-0.3, -0.25) is 0 Å². The van der Waals surface area contributed by atoms with Gasteiger partial charge in [0.2, 0.25) is 0 Å². The van der Waals surface area contributed by atoms with Gasteiger partial charge in [0.1, 0.15) is 0 Å². The molecule has 9 heavy (non-hydrogen) atoms. The Morgan fingerprint density at radius 2 is 2.44 bits per heavy atom. The Morgan fingerprint density at radius 3 is 3.00 bits per heavy atom. The lowest BCUT2D eigenvalue weighted by Gasteiger charge is -1.97. The van der Waals surface area contributed by atoms with Gasteiger partial charge in [-0.25, -0.2) is 0 Å². The molecule has 0 amide bonds. The lowest BCUT2D eigenvalue weighted by molar-refractivity contribution is 0.382. The van der Waals surface area contributed by atoms with E-state index >= 15 is 0 Å². The third-order valence-corrected chi connectivity index (χ3v) is 1.19. The molecule has 0 heterocycles. The van der Waals surface area contributed by atoms with Crippen molar-refractivity contribution in [1.82, 2.24) is 5.32 Å². The third-order valence-electron chi connectivity index (χ3n) is 0.864. The summed E-state index contributed by atoms with van der Waals surface area (Å²) in [5.41, 5.74) is 0. The first-order chi connectivity index (χ1) is 4.41. The van der Waals surface area contributed by atoms with Crippen molar-refractivity contribution in [3.8, 4) is 0 Å². The Bertz CT molecular complexity index is 68.1. The minimum atomic E-state index is 0.754. The zero-order valence-electron chi connectivity index (χ0n) is 5.40. The van der Waals surface area contributed by atoms with Crippen LogP contribution in [0.1, 0.15) is 6.42 Å². The fraction of sp³-hybridized carbons (Fsp3) is 0.667. The van der Waals surface area contributed by atoms with E-state index in [0.29, 0.717) is 0 Å². The van der Waals surface area contributed by atoms with E-state index in [9.17, 15) is 0 Å². The Hall–Kier alpha value is 0.140. The van der Waals surface area contributed by atoms with Crippen LogP contribution in [0.25, 0.3) is 0 Å². The molecule has 0 aliphatic carbocycles. The largest absolute Gasteiger partial charge is 0.313 e. The number of rotatable bonds is 6. The molecule has 0 bridgehead atoms. The van der Waals surface area contributed by atoms with E-state index in [1.807, 2.05) is 6.08 Å². The highest BCUT2D eigenvalue weighted by Crippen LogP contribution is 1.85. The maximum absolute atomic E-state index is 4.67. The Kier molecular flexibility index (Phi) is 8.27. The Balaban J connectivity index is 2.66. The minimum Gasteiger partial charge on any atom is -0.313 e. The quantitative estimate of drug-likeness (QED) is 0.510. The maximum atomic E-state index is 4.67. The number of halogens is 1. The molecule has 0 atom stereocenters. The molecule has 0 fully saturated rings. The van der Waals surface area contributed by atoms with Gasteiger partial charge in [-0.05, 0) is 13.0 Å². The first-order valence-electron chi connectivity index (χ1n) is 2.97. The van der Waals surface area contributed by atoms with Crippen LogP contribution < -0.4 is 5.32 Å². The fourth-order valence-corrected chi connectivity index (χ4v) is 0.685. The molecule has 0 aromatic heterocycles. The molecular weight excluding hydrogens is 182 g/mol. The molecule has 1 N–H and O–H groups in total. The molecule has 2 nitrogen and oxygen atoms in total. The van der Waals surface area contributed by atoms with Crippen LogP contribution in [0.4, 0.5) is 0 Å². The highest BCUT2D eigenvalue weighted by Gasteiger charge is 1.83. The molecule has 0 aliphatic rings. The molecule has 54 valence electrons. The Labute approximate surface area is 64.7 Å². The molecule has 0 unspecified atom stereocenters. The standard InChI is InChI=1S/C6H12BrNO/c1-2-4-8-5-3-6-9-7/h2,8H,1,3-6H2. The van der Waals surface area contributed by atoms with Crippen LogP contribution in [0.2, 0.25) is 0 Å². The van der Waals surface area contributed by atoms with Gasteiger partial charge in [0.15, 0.2) is 0 Å². The van der Waals surface area contributed by atoms with Crippen molar-refractivity contribution in [3.05, 3.63) is 12.7 Å². The lowest BCUT2D eigenvalue weighted by Crippen LogP contribution is -2.15. The fourth-order valence-electron chi connectivity index (χ4n) is 0.456. The summed E-state index contributed by atoms with van der Waals surface area (Å²) in [6.45, 7) is 6.19. The van der Waals surface area contributed by atoms with Gasteiger partial charge in [0, 0.05) is 6.54 Å². The SMILES string of the molecule is C=CCNCCCOBr. The number of hydrogen-bond acceptors (Lipinski definition) is 2. The van der Waals surface area contributed by atoms with Crippen molar-refractivity contribution in [1.29, 1.82) is 0 Å². The lowest BCUT2D eigenvalue weighted by atomic mass is 10.4. The second kappa shape index (κ2) is 8.14. The summed E-state index contributed by atoms with van der Waals surface area (Å²) >= 11 is 2.87. The molecule has 0 saturated carbocycles. The molecule has 0 saturated heterocycles. The van der Waals surface area contributed by atoms with Gasteiger partial charge in [-0.2, -0.15) is 0 Å². The van der Waals surface area contributed by atoms with Crippen LogP contribution in [-0.4, -0.2) is 19.7 Å². The van der Waals surface area contributed by atoms with Gasteiger partial charge in [0.25, 0.3) is 0 Å². The van der Waals surface area contributed by atoms with Crippen LogP contribution in [0, 0.1) is 0 Å². The number of hydrogen-bond donors (Lipinski definition) is 1. The van der Waals surface area contributed by atoms with E-state index in [0.717, 1.165) is 26.1 Å². The highest BCUT2D eigenvalue weighted by molar-refractivity contribution is 9.06. The summed E-state index contributed by atoms with van der Waals surface area (Å²) in [6.07, 6.45) is 2.87. The maximum Gasteiger partial charge on any atom is 0.0987 e. The first-order valence-corrected chi connectivity index (χ1v) is 3.61. The molecule has 0 rings (SSSR count).